The van der Waals surface area contributed by atoms with Gasteiger partial charge in [0.1, 0.15) is 5.54 Å². The van der Waals surface area contributed by atoms with Crippen LogP contribution in [0, 0.1) is 0 Å². The maximum Gasteiger partial charge on any atom is 0.322 e. The van der Waals surface area contributed by atoms with Gasteiger partial charge in [0.15, 0.2) is 0 Å². The average Bonchev–Trinajstić information content (AvgIpc) is 2.56. The summed E-state index contributed by atoms with van der Waals surface area (Å²) in [5.41, 5.74) is -0.667. The van der Waals surface area contributed by atoms with E-state index in [1.807, 2.05) is 13.8 Å². The fourth-order valence-electron chi connectivity index (χ4n) is 2.34. The second-order valence-electron chi connectivity index (χ2n) is 4.66. The fraction of sp³-hybridized carbons (Fsp3) is 0.833. The largest absolute Gasteiger partial charge is 0.322 e. The average molecular weight is 241 g/mol. The molecule has 0 radical (unpaired) electrons. The van der Waals surface area contributed by atoms with Gasteiger partial charge in [0.25, 0.3) is 5.91 Å². The van der Waals surface area contributed by atoms with E-state index in [0.29, 0.717) is 12.6 Å². The first-order valence-electron chi connectivity index (χ1n) is 6.41. The molecule has 98 valence electrons. The Kier molecular flexibility index (Phi) is 4.51. The molecule has 3 amide bonds. The lowest BCUT2D eigenvalue weighted by Gasteiger charge is -2.40. The summed E-state index contributed by atoms with van der Waals surface area (Å²) in [4.78, 5) is 25.1. The second kappa shape index (κ2) is 5.49. The SMILES string of the molecule is CC.CC(C)N1CCCC2(C1)NC(=O)NC2=O. The van der Waals surface area contributed by atoms with Crippen molar-refractivity contribution in [3.05, 3.63) is 0 Å². The molecular formula is C12H23N3O2. The molecule has 0 aromatic heterocycles. The van der Waals surface area contributed by atoms with Crippen LogP contribution < -0.4 is 10.6 Å². The normalized spacial score (nSPS) is 28.8. The van der Waals surface area contributed by atoms with Crippen molar-refractivity contribution in [2.45, 2.75) is 52.1 Å². The molecule has 17 heavy (non-hydrogen) atoms. The molecule has 2 aliphatic heterocycles. The van der Waals surface area contributed by atoms with E-state index in [2.05, 4.69) is 29.4 Å². The fourth-order valence-corrected chi connectivity index (χ4v) is 2.34. The predicted molar refractivity (Wildman–Crippen MR) is 66.7 cm³/mol. The van der Waals surface area contributed by atoms with Gasteiger partial charge in [-0.1, -0.05) is 13.8 Å². The number of amides is 3. The number of hydrogen-bond donors (Lipinski definition) is 2. The summed E-state index contributed by atoms with van der Waals surface area (Å²) in [5, 5.41) is 5.08. The third-order valence-electron chi connectivity index (χ3n) is 3.27. The van der Waals surface area contributed by atoms with Gasteiger partial charge in [0.2, 0.25) is 0 Å². The number of imide groups is 1. The van der Waals surface area contributed by atoms with Crippen molar-refractivity contribution in [2.75, 3.05) is 13.1 Å². The van der Waals surface area contributed by atoms with E-state index in [1.54, 1.807) is 0 Å². The van der Waals surface area contributed by atoms with Crippen molar-refractivity contribution in [3.8, 4) is 0 Å². The molecule has 1 unspecified atom stereocenters. The lowest BCUT2D eigenvalue weighted by Crippen LogP contribution is -2.59. The van der Waals surface area contributed by atoms with Crippen LogP contribution >= 0.6 is 0 Å². The van der Waals surface area contributed by atoms with Crippen molar-refractivity contribution < 1.29 is 9.59 Å². The first-order valence-corrected chi connectivity index (χ1v) is 6.41. The molecular weight excluding hydrogens is 218 g/mol. The molecule has 2 rings (SSSR count). The number of urea groups is 1. The quantitative estimate of drug-likeness (QED) is 0.676. The van der Waals surface area contributed by atoms with E-state index in [1.165, 1.54) is 0 Å². The molecule has 0 aliphatic carbocycles. The highest BCUT2D eigenvalue weighted by molar-refractivity contribution is 6.07. The van der Waals surface area contributed by atoms with E-state index < -0.39 is 5.54 Å². The zero-order chi connectivity index (χ0) is 13.1. The molecule has 0 aromatic rings. The van der Waals surface area contributed by atoms with Gasteiger partial charge in [-0.25, -0.2) is 4.79 Å². The highest BCUT2D eigenvalue weighted by atomic mass is 16.2. The van der Waals surface area contributed by atoms with Gasteiger partial charge in [-0.05, 0) is 33.2 Å². The van der Waals surface area contributed by atoms with Gasteiger partial charge in [-0.15, -0.1) is 0 Å². The number of carbonyl (C=O) groups is 2. The molecule has 0 aromatic carbocycles. The lowest BCUT2D eigenvalue weighted by atomic mass is 9.88. The monoisotopic (exact) mass is 241 g/mol. The molecule has 5 nitrogen and oxygen atoms in total. The van der Waals surface area contributed by atoms with E-state index in [4.69, 9.17) is 0 Å². The van der Waals surface area contributed by atoms with Crippen LogP contribution in [-0.4, -0.2) is 41.5 Å². The summed E-state index contributed by atoms with van der Waals surface area (Å²) in [6, 6.07) is 0.0538. The van der Waals surface area contributed by atoms with Gasteiger partial charge in [0, 0.05) is 12.6 Å². The van der Waals surface area contributed by atoms with Gasteiger partial charge in [-0.2, -0.15) is 0 Å². The first-order chi connectivity index (χ1) is 8.03. The molecule has 1 atom stereocenters. The Morgan fingerprint density at radius 1 is 1.29 bits per heavy atom. The summed E-state index contributed by atoms with van der Waals surface area (Å²) in [6.45, 7) is 9.84. The second-order valence-corrected chi connectivity index (χ2v) is 4.66. The van der Waals surface area contributed by atoms with E-state index >= 15 is 0 Å². The Labute approximate surface area is 103 Å². The standard InChI is InChI=1S/C10H17N3O2.C2H6/c1-7(2)13-5-3-4-10(6-13)8(14)11-9(15)12-10;1-2/h7H,3-6H2,1-2H3,(H2,11,12,14,15);1-2H3. The molecule has 2 saturated heterocycles. The summed E-state index contributed by atoms with van der Waals surface area (Å²) in [5.74, 6) is -0.169. The van der Waals surface area contributed by atoms with Crippen molar-refractivity contribution in [1.82, 2.24) is 15.5 Å². The Morgan fingerprint density at radius 3 is 2.41 bits per heavy atom. The third kappa shape index (κ3) is 2.77. The summed E-state index contributed by atoms with van der Waals surface area (Å²) >= 11 is 0. The summed E-state index contributed by atoms with van der Waals surface area (Å²) < 4.78 is 0. The number of nitrogens with zero attached hydrogens (tertiary/aromatic N) is 1. The minimum Gasteiger partial charge on any atom is -0.322 e. The minimum absolute atomic E-state index is 0.169. The number of rotatable bonds is 1. The number of hydrogen-bond acceptors (Lipinski definition) is 3. The predicted octanol–water partition coefficient (Wildman–Crippen LogP) is 1.09. The Bertz CT molecular complexity index is 304. The molecule has 0 saturated carbocycles. The van der Waals surface area contributed by atoms with Crippen LogP contribution in [0.1, 0.15) is 40.5 Å². The first kappa shape index (κ1) is 14.0. The Balaban J connectivity index is 0.000000686. The molecule has 2 N–H and O–H groups in total. The van der Waals surface area contributed by atoms with Crippen molar-refractivity contribution in [3.63, 3.8) is 0 Å². The van der Waals surface area contributed by atoms with Crippen molar-refractivity contribution >= 4 is 11.9 Å². The van der Waals surface area contributed by atoms with Crippen molar-refractivity contribution in [1.29, 1.82) is 0 Å². The van der Waals surface area contributed by atoms with Crippen molar-refractivity contribution in [2.24, 2.45) is 0 Å². The molecule has 1 spiro atoms. The van der Waals surface area contributed by atoms with Crippen LogP contribution in [0.4, 0.5) is 4.79 Å². The maximum absolute atomic E-state index is 11.7. The van der Waals surface area contributed by atoms with Crippen LogP contribution in [-0.2, 0) is 4.79 Å². The van der Waals surface area contributed by atoms with Crippen LogP contribution in [0.25, 0.3) is 0 Å². The molecule has 2 heterocycles. The zero-order valence-electron chi connectivity index (χ0n) is 11.2. The van der Waals surface area contributed by atoms with Crippen LogP contribution in [0.2, 0.25) is 0 Å². The smallest absolute Gasteiger partial charge is 0.322 e. The Morgan fingerprint density at radius 2 is 1.94 bits per heavy atom. The lowest BCUT2D eigenvalue weighted by molar-refractivity contribution is -0.126. The van der Waals surface area contributed by atoms with Gasteiger partial charge >= 0.3 is 6.03 Å². The zero-order valence-corrected chi connectivity index (χ0v) is 11.2. The van der Waals surface area contributed by atoms with E-state index in [0.717, 1.165) is 19.4 Å². The molecule has 2 aliphatic rings. The maximum atomic E-state index is 11.7. The van der Waals surface area contributed by atoms with Gasteiger partial charge in [0.05, 0.1) is 0 Å². The van der Waals surface area contributed by atoms with Gasteiger partial charge < -0.3 is 5.32 Å². The molecule has 2 fully saturated rings. The molecule has 0 bridgehead atoms. The van der Waals surface area contributed by atoms with Crippen LogP contribution in [0.15, 0.2) is 0 Å². The highest BCUT2D eigenvalue weighted by Gasteiger charge is 2.48. The number of carbonyl (C=O) groups excluding carboxylic acids is 2. The minimum atomic E-state index is -0.667. The van der Waals surface area contributed by atoms with Gasteiger partial charge in [-0.3, -0.25) is 15.0 Å². The topological polar surface area (TPSA) is 61.4 Å². The number of piperidine rings is 1. The van der Waals surface area contributed by atoms with E-state index in [-0.39, 0.29) is 11.9 Å². The van der Waals surface area contributed by atoms with Crippen LogP contribution in [0.3, 0.4) is 0 Å². The summed E-state index contributed by atoms with van der Waals surface area (Å²) in [6.07, 6.45) is 1.69. The number of nitrogens with one attached hydrogen (secondary N) is 2. The van der Waals surface area contributed by atoms with Crippen LogP contribution in [0.5, 0.6) is 0 Å². The molecule has 5 heteroatoms. The highest BCUT2D eigenvalue weighted by Crippen LogP contribution is 2.25. The summed E-state index contributed by atoms with van der Waals surface area (Å²) in [7, 11) is 0. The third-order valence-corrected chi connectivity index (χ3v) is 3.27. The number of likely N-dealkylation sites (tertiary alicyclic amines) is 1. The Hall–Kier alpha value is -1.10. The van der Waals surface area contributed by atoms with E-state index in [9.17, 15) is 9.59 Å².